The van der Waals surface area contributed by atoms with Gasteiger partial charge in [-0.25, -0.2) is 0 Å². The number of nitrogens with two attached hydrogens (primary N) is 1. The average Bonchev–Trinajstić information content (AvgIpc) is 2.87. The molecule has 0 atom stereocenters. The van der Waals surface area contributed by atoms with E-state index in [1.54, 1.807) is 0 Å². The number of carbonyl (C=O) groups is 1. The number of hydrogen-bond acceptors (Lipinski definition) is 2. The van der Waals surface area contributed by atoms with Crippen molar-refractivity contribution >= 4 is 5.91 Å². The summed E-state index contributed by atoms with van der Waals surface area (Å²) in [5.74, 6) is 1.70. The number of rotatable bonds is 4. The van der Waals surface area contributed by atoms with Crippen molar-refractivity contribution in [2.45, 2.75) is 58.8 Å². The minimum Gasteiger partial charge on any atom is -0.342 e. The SMILES string of the molecule is CC(C)CC1(C(=O)N2CCC(CN)CC2)CCCC1. The zero-order valence-electron chi connectivity index (χ0n) is 12.7. The zero-order valence-corrected chi connectivity index (χ0v) is 12.7. The fourth-order valence-electron chi connectivity index (χ4n) is 4.05. The summed E-state index contributed by atoms with van der Waals surface area (Å²) in [6.45, 7) is 7.13. The van der Waals surface area contributed by atoms with Crippen molar-refractivity contribution in [3.05, 3.63) is 0 Å². The van der Waals surface area contributed by atoms with Gasteiger partial charge in [-0.1, -0.05) is 26.7 Å². The number of piperidine rings is 1. The second kappa shape index (κ2) is 6.25. The smallest absolute Gasteiger partial charge is 0.228 e. The average molecular weight is 266 g/mol. The van der Waals surface area contributed by atoms with Gasteiger partial charge in [-0.3, -0.25) is 4.79 Å². The lowest BCUT2D eigenvalue weighted by atomic mass is 9.77. The molecule has 1 saturated heterocycles. The molecule has 1 saturated carbocycles. The Morgan fingerprint density at radius 1 is 1.26 bits per heavy atom. The van der Waals surface area contributed by atoms with Gasteiger partial charge in [-0.15, -0.1) is 0 Å². The van der Waals surface area contributed by atoms with Crippen LogP contribution in [0, 0.1) is 17.3 Å². The normalized spacial score (nSPS) is 24.1. The third kappa shape index (κ3) is 3.31. The molecule has 2 N–H and O–H groups in total. The van der Waals surface area contributed by atoms with Crippen LogP contribution in [-0.4, -0.2) is 30.4 Å². The van der Waals surface area contributed by atoms with Crippen LogP contribution < -0.4 is 5.73 Å². The molecule has 0 aromatic heterocycles. The Morgan fingerprint density at radius 2 is 1.84 bits per heavy atom. The molecule has 0 aromatic rings. The Hall–Kier alpha value is -0.570. The lowest BCUT2D eigenvalue weighted by Gasteiger charge is -2.39. The molecule has 110 valence electrons. The first-order valence-corrected chi connectivity index (χ1v) is 8.07. The van der Waals surface area contributed by atoms with Crippen LogP contribution in [0.15, 0.2) is 0 Å². The number of hydrogen-bond donors (Lipinski definition) is 1. The van der Waals surface area contributed by atoms with Gasteiger partial charge in [0, 0.05) is 18.5 Å². The van der Waals surface area contributed by atoms with E-state index in [0.29, 0.717) is 17.7 Å². The summed E-state index contributed by atoms with van der Waals surface area (Å²) in [6, 6.07) is 0. The van der Waals surface area contributed by atoms with Crippen LogP contribution >= 0.6 is 0 Å². The fraction of sp³-hybridized carbons (Fsp3) is 0.938. The summed E-state index contributed by atoms with van der Waals surface area (Å²) < 4.78 is 0. The van der Waals surface area contributed by atoms with Crippen LogP contribution in [-0.2, 0) is 4.79 Å². The fourth-order valence-corrected chi connectivity index (χ4v) is 4.05. The number of likely N-dealkylation sites (tertiary alicyclic amines) is 1. The van der Waals surface area contributed by atoms with Gasteiger partial charge in [0.25, 0.3) is 0 Å². The van der Waals surface area contributed by atoms with Gasteiger partial charge in [0.05, 0.1) is 0 Å². The van der Waals surface area contributed by atoms with Crippen molar-refractivity contribution in [2.24, 2.45) is 23.0 Å². The summed E-state index contributed by atoms with van der Waals surface area (Å²) in [5, 5.41) is 0. The van der Waals surface area contributed by atoms with E-state index >= 15 is 0 Å². The second-order valence-electron chi connectivity index (χ2n) is 7.06. The van der Waals surface area contributed by atoms with Crippen LogP contribution in [0.25, 0.3) is 0 Å². The maximum Gasteiger partial charge on any atom is 0.228 e. The molecule has 2 rings (SSSR count). The molecule has 2 fully saturated rings. The number of carbonyl (C=O) groups excluding carboxylic acids is 1. The topological polar surface area (TPSA) is 46.3 Å². The Bertz CT molecular complexity index is 300. The van der Waals surface area contributed by atoms with Gasteiger partial charge in [-0.05, 0) is 50.5 Å². The van der Waals surface area contributed by atoms with E-state index in [0.717, 1.165) is 51.7 Å². The minimum absolute atomic E-state index is 0.0241. The summed E-state index contributed by atoms with van der Waals surface area (Å²) in [5.41, 5.74) is 5.71. The van der Waals surface area contributed by atoms with E-state index in [-0.39, 0.29) is 5.41 Å². The highest BCUT2D eigenvalue weighted by Gasteiger charge is 2.44. The van der Waals surface area contributed by atoms with Gasteiger partial charge in [0.15, 0.2) is 0 Å². The third-order valence-corrected chi connectivity index (χ3v) is 5.05. The van der Waals surface area contributed by atoms with Crippen LogP contribution in [0.1, 0.15) is 58.8 Å². The lowest BCUT2D eigenvalue weighted by molar-refractivity contribution is -0.144. The number of amides is 1. The lowest BCUT2D eigenvalue weighted by Crippen LogP contribution is -2.47. The molecular weight excluding hydrogens is 236 g/mol. The monoisotopic (exact) mass is 266 g/mol. The van der Waals surface area contributed by atoms with Crippen LogP contribution in [0.4, 0.5) is 0 Å². The number of nitrogens with zero attached hydrogens (tertiary/aromatic N) is 1. The molecular formula is C16H30N2O. The highest BCUT2D eigenvalue weighted by atomic mass is 16.2. The van der Waals surface area contributed by atoms with Crippen LogP contribution in [0.5, 0.6) is 0 Å². The van der Waals surface area contributed by atoms with E-state index in [1.165, 1.54) is 12.8 Å². The van der Waals surface area contributed by atoms with Crippen LogP contribution in [0.3, 0.4) is 0 Å². The highest BCUT2D eigenvalue weighted by molar-refractivity contribution is 5.83. The van der Waals surface area contributed by atoms with E-state index in [9.17, 15) is 4.79 Å². The van der Waals surface area contributed by atoms with E-state index < -0.39 is 0 Å². The van der Waals surface area contributed by atoms with Crippen molar-refractivity contribution in [3.63, 3.8) is 0 Å². The molecule has 1 aliphatic carbocycles. The van der Waals surface area contributed by atoms with Crippen molar-refractivity contribution < 1.29 is 4.79 Å². The first-order valence-electron chi connectivity index (χ1n) is 8.07. The predicted molar refractivity (Wildman–Crippen MR) is 78.7 cm³/mol. The Balaban J connectivity index is 2.00. The first-order chi connectivity index (χ1) is 9.07. The summed E-state index contributed by atoms with van der Waals surface area (Å²) >= 11 is 0. The Kier molecular flexibility index (Phi) is 4.88. The van der Waals surface area contributed by atoms with Gasteiger partial charge < -0.3 is 10.6 Å². The maximum absolute atomic E-state index is 12.9. The van der Waals surface area contributed by atoms with Crippen LogP contribution in [0.2, 0.25) is 0 Å². The summed E-state index contributed by atoms with van der Waals surface area (Å²) in [7, 11) is 0. The molecule has 0 bridgehead atoms. The summed E-state index contributed by atoms with van der Waals surface area (Å²) in [4.78, 5) is 15.1. The van der Waals surface area contributed by atoms with Crippen molar-refractivity contribution in [3.8, 4) is 0 Å². The molecule has 3 nitrogen and oxygen atoms in total. The predicted octanol–water partition coefficient (Wildman–Crippen LogP) is 2.79. The molecule has 1 amide bonds. The van der Waals surface area contributed by atoms with Gasteiger partial charge >= 0.3 is 0 Å². The van der Waals surface area contributed by atoms with Crippen molar-refractivity contribution in [2.75, 3.05) is 19.6 Å². The van der Waals surface area contributed by atoms with E-state index in [1.807, 2.05) is 0 Å². The molecule has 1 aliphatic heterocycles. The molecule has 0 radical (unpaired) electrons. The Labute approximate surface area is 117 Å². The standard InChI is InChI=1S/C16H30N2O/c1-13(2)11-16(7-3-4-8-16)15(19)18-9-5-14(12-17)6-10-18/h13-14H,3-12,17H2,1-2H3. The molecule has 1 heterocycles. The first kappa shape index (κ1) is 14.8. The molecule has 0 unspecified atom stereocenters. The molecule has 0 aromatic carbocycles. The summed E-state index contributed by atoms with van der Waals surface area (Å²) in [6.07, 6.45) is 7.96. The van der Waals surface area contributed by atoms with E-state index in [2.05, 4.69) is 18.7 Å². The third-order valence-electron chi connectivity index (χ3n) is 5.05. The second-order valence-corrected chi connectivity index (χ2v) is 7.06. The molecule has 2 aliphatic rings. The molecule has 19 heavy (non-hydrogen) atoms. The Morgan fingerprint density at radius 3 is 2.32 bits per heavy atom. The van der Waals surface area contributed by atoms with Crippen molar-refractivity contribution in [1.29, 1.82) is 0 Å². The largest absolute Gasteiger partial charge is 0.342 e. The minimum atomic E-state index is -0.0241. The van der Waals surface area contributed by atoms with Gasteiger partial charge in [0.1, 0.15) is 0 Å². The zero-order chi connectivity index (χ0) is 13.9. The molecule has 0 spiro atoms. The highest BCUT2D eigenvalue weighted by Crippen LogP contribution is 2.45. The quantitative estimate of drug-likeness (QED) is 0.850. The maximum atomic E-state index is 12.9. The van der Waals surface area contributed by atoms with Gasteiger partial charge in [-0.2, -0.15) is 0 Å². The van der Waals surface area contributed by atoms with Gasteiger partial charge in [0.2, 0.25) is 5.91 Å². The van der Waals surface area contributed by atoms with Crippen molar-refractivity contribution in [1.82, 2.24) is 4.90 Å². The van der Waals surface area contributed by atoms with E-state index in [4.69, 9.17) is 5.73 Å². The molecule has 3 heteroatoms.